The molecule has 2 aromatic rings. The largest absolute Gasteiger partial charge is 0.240 e. The molecule has 98 valence electrons. The molecule has 0 amide bonds. The van der Waals surface area contributed by atoms with Gasteiger partial charge in [0.2, 0.25) is 12.2 Å². The Hall–Kier alpha value is -2.22. The van der Waals surface area contributed by atoms with E-state index in [1.54, 1.807) is 36.4 Å². The molecule has 2 aromatic carbocycles. The molecule has 4 nitrogen and oxygen atoms in total. The molecule has 2 rings (SSSR count). The van der Waals surface area contributed by atoms with Crippen LogP contribution in [0.25, 0.3) is 11.1 Å². The van der Waals surface area contributed by atoms with E-state index in [1.165, 1.54) is 12.2 Å². The minimum atomic E-state index is 0.331. The fourth-order valence-electron chi connectivity index (χ4n) is 1.65. The van der Waals surface area contributed by atoms with E-state index in [0.717, 1.165) is 11.1 Å². The Labute approximate surface area is 124 Å². The molecular weight excluding hydrogens is 299 g/mol. The molecule has 0 saturated carbocycles. The highest BCUT2D eigenvalue weighted by molar-refractivity contribution is 6.34. The maximum Gasteiger partial charge on any atom is 0.240 e. The molecule has 0 atom stereocenters. The molecule has 0 saturated heterocycles. The van der Waals surface area contributed by atoms with Crippen molar-refractivity contribution in [1.82, 2.24) is 0 Å². The van der Waals surface area contributed by atoms with Crippen molar-refractivity contribution in [2.75, 3.05) is 0 Å². The lowest BCUT2D eigenvalue weighted by Crippen LogP contribution is -1.79. The van der Waals surface area contributed by atoms with Gasteiger partial charge in [0.25, 0.3) is 0 Å². The SMILES string of the molecule is O=C=Nc1ccc(-c2ccc(N=C=O)c(Cl)c2)cc1Cl. The van der Waals surface area contributed by atoms with E-state index in [4.69, 9.17) is 23.2 Å². The van der Waals surface area contributed by atoms with Crippen LogP contribution < -0.4 is 0 Å². The number of isocyanates is 2. The third kappa shape index (κ3) is 3.02. The van der Waals surface area contributed by atoms with Gasteiger partial charge in [-0.1, -0.05) is 35.3 Å². The third-order valence-corrected chi connectivity index (χ3v) is 3.17. The molecule has 0 aromatic heterocycles. The summed E-state index contributed by atoms with van der Waals surface area (Å²) >= 11 is 12.0. The highest BCUT2D eigenvalue weighted by Gasteiger charge is 2.06. The fraction of sp³-hybridized carbons (Fsp3) is 0. The molecule has 0 bridgehead atoms. The Morgan fingerprint density at radius 3 is 1.45 bits per heavy atom. The van der Waals surface area contributed by atoms with E-state index in [2.05, 4.69) is 9.98 Å². The van der Waals surface area contributed by atoms with Gasteiger partial charge in [-0.05, 0) is 35.4 Å². The second-order valence-electron chi connectivity index (χ2n) is 3.74. The van der Waals surface area contributed by atoms with Crippen molar-refractivity contribution in [3.8, 4) is 11.1 Å². The molecule has 0 heterocycles. The van der Waals surface area contributed by atoms with E-state index in [0.29, 0.717) is 21.4 Å². The molecule has 0 radical (unpaired) electrons. The van der Waals surface area contributed by atoms with Gasteiger partial charge in [0.05, 0.1) is 21.4 Å². The number of hydrogen-bond acceptors (Lipinski definition) is 4. The predicted molar refractivity (Wildman–Crippen MR) is 77.5 cm³/mol. The summed E-state index contributed by atoms with van der Waals surface area (Å²) in [5, 5.41) is 0.661. The summed E-state index contributed by atoms with van der Waals surface area (Å²) in [6.45, 7) is 0. The zero-order valence-electron chi connectivity index (χ0n) is 9.93. The van der Waals surface area contributed by atoms with Gasteiger partial charge in [0.1, 0.15) is 0 Å². The lowest BCUT2D eigenvalue weighted by Gasteiger charge is -2.05. The molecule has 0 aliphatic heterocycles. The first kappa shape index (κ1) is 14.2. The van der Waals surface area contributed by atoms with Gasteiger partial charge >= 0.3 is 0 Å². The standard InChI is InChI=1S/C14H6Cl2N2O2/c15-11-5-9(1-3-13(11)17-7-19)10-2-4-14(18-8-20)12(16)6-10/h1-6H. The molecule has 0 aliphatic rings. The second-order valence-corrected chi connectivity index (χ2v) is 4.55. The molecule has 0 N–H and O–H groups in total. The van der Waals surface area contributed by atoms with Crippen LogP contribution in [0.2, 0.25) is 10.0 Å². The van der Waals surface area contributed by atoms with Crippen LogP contribution in [0.3, 0.4) is 0 Å². The van der Waals surface area contributed by atoms with Crippen LogP contribution in [-0.4, -0.2) is 12.2 Å². The van der Waals surface area contributed by atoms with Crippen molar-refractivity contribution in [1.29, 1.82) is 0 Å². The molecule has 0 fully saturated rings. The number of rotatable bonds is 3. The highest BCUT2D eigenvalue weighted by atomic mass is 35.5. The second kappa shape index (κ2) is 6.29. The lowest BCUT2D eigenvalue weighted by molar-refractivity contribution is 0.564. The van der Waals surface area contributed by atoms with E-state index >= 15 is 0 Å². The van der Waals surface area contributed by atoms with E-state index in [9.17, 15) is 9.59 Å². The van der Waals surface area contributed by atoms with E-state index in [1.807, 2.05) is 0 Å². The summed E-state index contributed by atoms with van der Waals surface area (Å²) in [6, 6.07) is 10.0. The Bertz CT molecular complexity index is 696. The summed E-state index contributed by atoms with van der Waals surface area (Å²) in [6.07, 6.45) is 2.87. The molecule has 6 heteroatoms. The Balaban J connectivity index is 2.46. The van der Waals surface area contributed by atoms with Crippen molar-refractivity contribution in [2.45, 2.75) is 0 Å². The van der Waals surface area contributed by atoms with Crippen LogP contribution in [0.1, 0.15) is 0 Å². The van der Waals surface area contributed by atoms with Crippen LogP contribution in [-0.2, 0) is 9.59 Å². The fourth-order valence-corrected chi connectivity index (χ4v) is 2.10. The number of benzene rings is 2. The maximum absolute atomic E-state index is 10.2. The molecule has 0 spiro atoms. The number of carbonyl (C=O) groups excluding carboxylic acids is 2. The van der Waals surface area contributed by atoms with Crippen LogP contribution in [0.4, 0.5) is 11.4 Å². The first-order valence-corrected chi connectivity index (χ1v) is 6.16. The summed E-state index contributed by atoms with van der Waals surface area (Å²) in [5.41, 5.74) is 2.28. The average molecular weight is 305 g/mol. The summed E-state index contributed by atoms with van der Waals surface area (Å²) in [7, 11) is 0. The van der Waals surface area contributed by atoms with Crippen molar-refractivity contribution in [3.05, 3.63) is 46.4 Å². The minimum Gasteiger partial charge on any atom is -0.211 e. The number of halogens is 2. The number of aliphatic imine (C=N–C) groups is 2. The van der Waals surface area contributed by atoms with E-state index < -0.39 is 0 Å². The lowest BCUT2D eigenvalue weighted by atomic mass is 10.0. The van der Waals surface area contributed by atoms with Crippen LogP contribution in [0.15, 0.2) is 46.4 Å². The van der Waals surface area contributed by atoms with Crippen molar-refractivity contribution >= 4 is 46.7 Å². The van der Waals surface area contributed by atoms with Gasteiger partial charge in [0, 0.05) is 0 Å². The van der Waals surface area contributed by atoms with Gasteiger partial charge in [-0.25, -0.2) is 9.59 Å². The van der Waals surface area contributed by atoms with Crippen molar-refractivity contribution in [3.63, 3.8) is 0 Å². The topological polar surface area (TPSA) is 58.9 Å². The molecular formula is C14H6Cl2N2O2. The monoisotopic (exact) mass is 304 g/mol. The van der Waals surface area contributed by atoms with E-state index in [-0.39, 0.29) is 0 Å². The van der Waals surface area contributed by atoms with Gasteiger partial charge < -0.3 is 0 Å². The first-order valence-electron chi connectivity index (χ1n) is 5.41. The van der Waals surface area contributed by atoms with Crippen LogP contribution >= 0.6 is 23.2 Å². The maximum atomic E-state index is 10.2. The number of hydrogen-bond donors (Lipinski definition) is 0. The van der Waals surface area contributed by atoms with Crippen molar-refractivity contribution < 1.29 is 9.59 Å². The van der Waals surface area contributed by atoms with Crippen LogP contribution in [0.5, 0.6) is 0 Å². The average Bonchev–Trinajstić information content (AvgIpc) is 2.44. The van der Waals surface area contributed by atoms with Gasteiger partial charge in [-0.3, -0.25) is 0 Å². The predicted octanol–water partition coefficient (Wildman–Crippen LogP) is 4.60. The quantitative estimate of drug-likeness (QED) is 0.615. The smallest absolute Gasteiger partial charge is 0.211 e. The molecule has 0 unspecified atom stereocenters. The summed E-state index contributed by atoms with van der Waals surface area (Å²) in [4.78, 5) is 27.4. The third-order valence-electron chi connectivity index (χ3n) is 2.56. The minimum absolute atomic E-state index is 0.331. The van der Waals surface area contributed by atoms with Crippen molar-refractivity contribution in [2.24, 2.45) is 9.98 Å². The first-order chi connectivity index (χ1) is 9.65. The summed E-state index contributed by atoms with van der Waals surface area (Å²) < 4.78 is 0. The van der Waals surface area contributed by atoms with Gasteiger partial charge in [-0.2, -0.15) is 9.98 Å². The molecule has 20 heavy (non-hydrogen) atoms. The Morgan fingerprint density at radius 2 is 1.15 bits per heavy atom. The van der Waals surface area contributed by atoms with Crippen LogP contribution in [0, 0.1) is 0 Å². The van der Waals surface area contributed by atoms with Gasteiger partial charge in [-0.15, -0.1) is 0 Å². The number of nitrogens with zero attached hydrogens (tertiary/aromatic N) is 2. The zero-order valence-corrected chi connectivity index (χ0v) is 11.4. The molecule has 0 aliphatic carbocycles. The summed E-state index contributed by atoms with van der Waals surface area (Å²) in [5.74, 6) is 0. The zero-order chi connectivity index (χ0) is 14.5. The highest BCUT2D eigenvalue weighted by Crippen LogP contribution is 2.34. The Kier molecular flexibility index (Phi) is 4.46. The van der Waals surface area contributed by atoms with Gasteiger partial charge in [0.15, 0.2) is 0 Å². The Morgan fingerprint density at radius 1 is 0.750 bits per heavy atom. The normalized spacial score (nSPS) is 9.50.